The maximum absolute atomic E-state index is 12.0. The third-order valence-electron chi connectivity index (χ3n) is 4.31. The van der Waals surface area contributed by atoms with Crippen molar-refractivity contribution >= 4 is 21.8 Å². The van der Waals surface area contributed by atoms with Gasteiger partial charge in [-0.05, 0) is 57.7 Å². The molecule has 0 saturated heterocycles. The van der Waals surface area contributed by atoms with Crippen LogP contribution in [0.2, 0.25) is 0 Å². The first kappa shape index (κ1) is 17.8. The molecule has 1 aromatic heterocycles. The third-order valence-corrected chi connectivity index (χ3v) is 4.73. The number of hydrogen-bond donors (Lipinski definition) is 1. The van der Waals surface area contributed by atoms with Gasteiger partial charge in [-0.3, -0.25) is 9.69 Å². The van der Waals surface area contributed by atoms with Gasteiger partial charge in [0.1, 0.15) is 0 Å². The summed E-state index contributed by atoms with van der Waals surface area (Å²) in [6, 6.07) is 7.45. The van der Waals surface area contributed by atoms with Gasteiger partial charge in [0.25, 0.3) is 5.91 Å². The van der Waals surface area contributed by atoms with Crippen molar-refractivity contribution in [1.29, 1.82) is 0 Å². The number of amides is 1. The first-order valence-electron chi connectivity index (χ1n) is 8.10. The van der Waals surface area contributed by atoms with Crippen LogP contribution in [0, 0.1) is 0 Å². The summed E-state index contributed by atoms with van der Waals surface area (Å²) in [6.07, 6.45) is 0.953. The Kier molecular flexibility index (Phi) is 5.65. The summed E-state index contributed by atoms with van der Waals surface area (Å²) in [5.41, 5.74) is 2.53. The van der Waals surface area contributed by atoms with E-state index >= 15 is 0 Å². The van der Waals surface area contributed by atoms with E-state index in [0.717, 1.165) is 37.6 Å². The molecule has 134 valence electrons. The fraction of sp³-hybridized carbons (Fsp3) is 0.389. The molecule has 0 aliphatic carbocycles. The topological polar surface area (TPSA) is 63.9 Å². The first-order chi connectivity index (χ1) is 12.1. The molecule has 1 amide bonds. The summed E-state index contributed by atoms with van der Waals surface area (Å²) in [4.78, 5) is 14.3. The Morgan fingerprint density at radius 2 is 1.96 bits per heavy atom. The summed E-state index contributed by atoms with van der Waals surface area (Å²) >= 11 is 3.19. The predicted molar refractivity (Wildman–Crippen MR) is 97.3 cm³/mol. The lowest BCUT2D eigenvalue weighted by molar-refractivity contribution is 0.0918. The lowest BCUT2D eigenvalue weighted by Crippen LogP contribution is -2.37. The van der Waals surface area contributed by atoms with Gasteiger partial charge < -0.3 is 19.2 Å². The number of benzene rings is 1. The minimum absolute atomic E-state index is 0.200. The number of carbonyl (C=O) groups is 1. The van der Waals surface area contributed by atoms with E-state index in [2.05, 4.69) is 32.2 Å². The van der Waals surface area contributed by atoms with Crippen LogP contribution in [0.3, 0.4) is 0 Å². The molecule has 7 heteroatoms. The van der Waals surface area contributed by atoms with E-state index in [-0.39, 0.29) is 5.91 Å². The molecule has 25 heavy (non-hydrogen) atoms. The summed E-state index contributed by atoms with van der Waals surface area (Å²) < 4.78 is 16.5. The van der Waals surface area contributed by atoms with Crippen LogP contribution >= 0.6 is 15.9 Å². The standard InChI is InChI=1S/C18H21BrN2O4/c1-23-15-9-12-5-7-21(11-13(12)10-16(15)24-2)8-6-20-18(22)14-3-4-17(19)25-14/h3-4,9-10H,5-8,11H2,1-2H3,(H,20,22). The normalized spacial score (nSPS) is 14.0. The Morgan fingerprint density at radius 3 is 2.60 bits per heavy atom. The molecule has 0 unspecified atom stereocenters. The monoisotopic (exact) mass is 408 g/mol. The van der Waals surface area contributed by atoms with Gasteiger partial charge in [-0.1, -0.05) is 0 Å². The van der Waals surface area contributed by atoms with Crippen molar-refractivity contribution in [2.45, 2.75) is 13.0 Å². The molecule has 0 saturated carbocycles. The largest absolute Gasteiger partial charge is 0.493 e. The van der Waals surface area contributed by atoms with Crippen LogP contribution in [-0.4, -0.2) is 44.7 Å². The van der Waals surface area contributed by atoms with Gasteiger partial charge in [-0.2, -0.15) is 0 Å². The summed E-state index contributed by atoms with van der Waals surface area (Å²) in [6.45, 7) is 3.13. The average Bonchev–Trinajstić information content (AvgIpc) is 3.06. The zero-order valence-electron chi connectivity index (χ0n) is 14.3. The quantitative estimate of drug-likeness (QED) is 0.795. The zero-order chi connectivity index (χ0) is 17.8. The van der Waals surface area contributed by atoms with Crippen LogP contribution in [0.15, 0.2) is 33.4 Å². The van der Waals surface area contributed by atoms with Crippen LogP contribution in [0.1, 0.15) is 21.7 Å². The molecule has 0 radical (unpaired) electrons. The van der Waals surface area contributed by atoms with Gasteiger partial charge in [0, 0.05) is 26.2 Å². The lowest BCUT2D eigenvalue weighted by Gasteiger charge is -2.29. The highest BCUT2D eigenvalue weighted by Gasteiger charge is 2.19. The van der Waals surface area contributed by atoms with Crippen molar-refractivity contribution in [3.63, 3.8) is 0 Å². The number of halogens is 1. The van der Waals surface area contributed by atoms with Gasteiger partial charge in [-0.25, -0.2) is 0 Å². The van der Waals surface area contributed by atoms with Gasteiger partial charge in [0.15, 0.2) is 21.9 Å². The maximum Gasteiger partial charge on any atom is 0.287 e. The molecular formula is C18H21BrN2O4. The highest BCUT2D eigenvalue weighted by atomic mass is 79.9. The van der Waals surface area contributed by atoms with E-state index in [1.807, 2.05) is 6.07 Å². The number of carbonyl (C=O) groups excluding carboxylic acids is 1. The maximum atomic E-state index is 12.0. The molecule has 1 aromatic carbocycles. The lowest BCUT2D eigenvalue weighted by atomic mass is 9.99. The highest BCUT2D eigenvalue weighted by molar-refractivity contribution is 9.10. The molecule has 0 bridgehead atoms. The molecule has 1 aliphatic heterocycles. The van der Waals surface area contributed by atoms with Crippen LogP contribution in [0.4, 0.5) is 0 Å². The minimum Gasteiger partial charge on any atom is -0.493 e. The Morgan fingerprint density at radius 1 is 1.24 bits per heavy atom. The molecule has 0 spiro atoms. The predicted octanol–water partition coefficient (Wildman–Crippen LogP) is 2.85. The third kappa shape index (κ3) is 4.16. The second-order valence-electron chi connectivity index (χ2n) is 5.86. The van der Waals surface area contributed by atoms with Gasteiger partial charge >= 0.3 is 0 Å². The molecule has 2 heterocycles. The van der Waals surface area contributed by atoms with E-state index < -0.39 is 0 Å². The number of fused-ring (bicyclic) bond motifs is 1. The Labute approximate surface area is 155 Å². The second-order valence-corrected chi connectivity index (χ2v) is 6.64. The fourth-order valence-electron chi connectivity index (χ4n) is 2.98. The summed E-state index contributed by atoms with van der Waals surface area (Å²) in [7, 11) is 3.30. The Balaban J connectivity index is 1.55. The molecule has 6 nitrogen and oxygen atoms in total. The highest BCUT2D eigenvalue weighted by Crippen LogP contribution is 2.33. The first-order valence-corrected chi connectivity index (χ1v) is 8.89. The summed E-state index contributed by atoms with van der Waals surface area (Å²) in [5, 5.41) is 2.88. The number of ether oxygens (including phenoxy) is 2. The van der Waals surface area contributed by atoms with Gasteiger partial charge in [-0.15, -0.1) is 0 Å². The summed E-state index contributed by atoms with van der Waals surface area (Å²) in [5.74, 6) is 1.63. The van der Waals surface area contributed by atoms with E-state index in [4.69, 9.17) is 13.9 Å². The number of rotatable bonds is 6. The fourth-order valence-corrected chi connectivity index (χ4v) is 3.29. The Hall–Kier alpha value is -1.99. The van der Waals surface area contributed by atoms with Crippen molar-refractivity contribution < 1.29 is 18.7 Å². The molecule has 0 fully saturated rings. The molecule has 0 atom stereocenters. The van der Waals surface area contributed by atoms with Crippen molar-refractivity contribution in [3.8, 4) is 11.5 Å². The number of nitrogens with zero attached hydrogens (tertiary/aromatic N) is 1. The van der Waals surface area contributed by atoms with E-state index in [0.29, 0.717) is 17.0 Å². The van der Waals surface area contributed by atoms with Crippen LogP contribution < -0.4 is 14.8 Å². The van der Waals surface area contributed by atoms with E-state index in [1.165, 1.54) is 11.1 Å². The van der Waals surface area contributed by atoms with Crippen LogP contribution in [-0.2, 0) is 13.0 Å². The van der Waals surface area contributed by atoms with E-state index in [9.17, 15) is 4.79 Å². The number of nitrogens with one attached hydrogen (secondary N) is 1. The second kappa shape index (κ2) is 7.93. The SMILES string of the molecule is COc1cc2c(cc1OC)CN(CCNC(=O)c1ccc(Br)o1)CC2. The molecule has 1 aliphatic rings. The van der Waals surface area contributed by atoms with Crippen LogP contribution in [0.5, 0.6) is 11.5 Å². The van der Waals surface area contributed by atoms with Crippen molar-refractivity contribution in [3.05, 3.63) is 45.8 Å². The average molecular weight is 409 g/mol. The zero-order valence-corrected chi connectivity index (χ0v) is 15.9. The number of furan rings is 1. The van der Waals surface area contributed by atoms with Crippen molar-refractivity contribution in [2.24, 2.45) is 0 Å². The minimum atomic E-state index is -0.200. The Bertz CT molecular complexity index is 760. The van der Waals surface area contributed by atoms with Gasteiger partial charge in [0.05, 0.1) is 14.2 Å². The number of methoxy groups -OCH3 is 2. The van der Waals surface area contributed by atoms with Crippen molar-refractivity contribution in [1.82, 2.24) is 10.2 Å². The molecule has 2 aromatic rings. The molecule has 3 rings (SSSR count). The smallest absolute Gasteiger partial charge is 0.287 e. The van der Waals surface area contributed by atoms with Crippen molar-refractivity contribution in [2.75, 3.05) is 33.9 Å². The van der Waals surface area contributed by atoms with E-state index in [1.54, 1.807) is 26.4 Å². The van der Waals surface area contributed by atoms with Gasteiger partial charge in [0.2, 0.25) is 0 Å². The van der Waals surface area contributed by atoms with Crippen LogP contribution in [0.25, 0.3) is 0 Å². The number of hydrogen-bond acceptors (Lipinski definition) is 5. The molecular weight excluding hydrogens is 388 g/mol. The molecule has 1 N–H and O–H groups in total.